The first-order valence-electron chi connectivity index (χ1n) is 6.28. The molecule has 19 heavy (non-hydrogen) atoms. The molecule has 0 saturated carbocycles. The molecule has 0 saturated heterocycles. The van der Waals surface area contributed by atoms with Gasteiger partial charge in [0.05, 0.1) is 16.8 Å². The minimum atomic E-state index is 0.657. The van der Waals surface area contributed by atoms with Crippen LogP contribution in [0.2, 0.25) is 0 Å². The summed E-state index contributed by atoms with van der Waals surface area (Å²) in [7, 11) is 0. The summed E-state index contributed by atoms with van der Waals surface area (Å²) in [6.07, 6.45) is 0.874. The lowest BCUT2D eigenvalue weighted by Gasteiger charge is -2.04. The highest BCUT2D eigenvalue weighted by atomic mass is 32.2. The maximum atomic E-state index is 5.65. The molecule has 2 heterocycles. The normalized spacial score (nSPS) is 14.9. The second-order valence-electron chi connectivity index (χ2n) is 4.17. The molecular weight excluding hydrogens is 278 g/mol. The van der Waals surface area contributed by atoms with Gasteiger partial charge in [0.2, 0.25) is 0 Å². The van der Waals surface area contributed by atoms with E-state index in [9.17, 15) is 0 Å². The fourth-order valence-electron chi connectivity index (χ4n) is 1.82. The van der Waals surface area contributed by atoms with Gasteiger partial charge >= 0.3 is 0 Å². The maximum absolute atomic E-state index is 5.65. The summed E-state index contributed by atoms with van der Waals surface area (Å²) in [6.45, 7) is 2.23. The Morgan fingerprint density at radius 1 is 1.37 bits per heavy atom. The number of rotatable bonds is 5. The highest BCUT2D eigenvalue weighted by molar-refractivity contribution is 8.15. The van der Waals surface area contributed by atoms with Gasteiger partial charge in [-0.3, -0.25) is 4.99 Å². The van der Waals surface area contributed by atoms with Gasteiger partial charge in [-0.1, -0.05) is 0 Å². The van der Waals surface area contributed by atoms with E-state index >= 15 is 0 Å². The van der Waals surface area contributed by atoms with Gasteiger partial charge in [-0.05, 0) is 31.2 Å². The SMILES string of the molecule is NCCCOc1ccc2nc(C3=NCCS3)sc2c1. The van der Waals surface area contributed by atoms with E-state index in [0.29, 0.717) is 13.2 Å². The number of thiazole rings is 1. The van der Waals surface area contributed by atoms with Gasteiger partial charge in [-0.25, -0.2) is 4.98 Å². The van der Waals surface area contributed by atoms with E-state index < -0.39 is 0 Å². The lowest BCUT2D eigenvalue weighted by atomic mass is 10.3. The number of fused-ring (bicyclic) bond motifs is 1. The summed E-state index contributed by atoms with van der Waals surface area (Å²) < 4.78 is 6.80. The van der Waals surface area contributed by atoms with Crippen LogP contribution in [0.4, 0.5) is 0 Å². The second-order valence-corrected chi connectivity index (χ2v) is 6.29. The number of nitrogens with two attached hydrogens (primary N) is 1. The van der Waals surface area contributed by atoms with Crippen LogP contribution >= 0.6 is 23.1 Å². The third kappa shape index (κ3) is 2.91. The molecule has 0 unspecified atom stereocenters. The van der Waals surface area contributed by atoms with Crippen molar-refractivity contribution in [3.05, 3.63) is 23.2 Å². The van der Waals surface area contributed by atoms with E-state index in [2.05, 4.69) is 9.98 Å². The molecular formula is C13H15N3OS2. The van der Waals surface area contributed by atoms with E-state index in [1.165, 1.54) is 0 Å². The third-order valence-corrected chi connectivity index (χ3v) is 4.88. The summed E-state index contributed by atoms with van der Waals surface area (Å²) >= 11 is 3.47. The molecule has 100 valence electrons. The smallest absolute Gasteiger partial charge is 0.149 e. The van der Waals surface area contributed by atoms with Crippen molar-refractivity contribution >= 4 is 38.4 Å². The fourth-order valence-corrected chi connectivity index (χ4v) is 3.75. The van der Waals surface area contributed by atoms with Gasteiger partial charge in [0.15, 0.2) is 0 Å². The number of hydrogen-bond donors (Lipinski definition) is 1. The van der Waals surface area contributed by atoms with Gasteiger partial charge in [-0.2, -0.15) is 0 Å². The number of ether oxygens (including phenoxy) is 1. The monoisotopic (exact) mass is 293 g/mol. The topological polar surface area (TPSA) is 60.5 Å². The molecule has 0 amide bonds. The molecule has 4 nitrogen and oxygen atoms in total. The maximum Gasteiger partial charge on any atom is 0.149 e. The van der Waals surface area contributed by atoms with Gasteiger partial charge in [0.1, 0.15) is 15.8 Å². The van der Waals surface area contributed by atoms with Crippen LogP contribution in [0, 0.1) is 0 Å². The molecule has 0 spiro atoms. The summed E-state index contributed by atoms with van der Waals surface area (Å²) in [5.41, 5.74) is 6.47. The Hall–Kier alpha value is -1.11. The Labute approximate surface area is 120 Å². The van der Waals surface area contributed by atoms with Crippen molar-refractivity contribution in [2.45, 2.75) is 6.42 Å². The number of thioether (sulfide) groups is 1. The largest absolute Gasteiger partial charge is 0.493 e. The molecule has 2 aromatic rings. The van der Waals surface area contributed by atoms with E-state index in [0.717, 1.165) is 44.7 Å². The first-order valence-corrected chi connectivity index (χ1v) is 8.08. The lowest BCUT2D eigenvalue weighted by molar-refractivity contribution is 0.314. The zero-order valence-electron chi connectivity index (χ0n) is 10.5. The Morgan fingerprint density at radius 3 is 3.11 bits per heavy atom. The Bertz CT molecular complexity index is 609. The lowest BCUT2D eigenvalue weighted by Crippen LogP contribution is -2.05. The molecule has 0 fully saturated rings. The van der Waals surface area contributed by atoms with E-state index in [1.54, 1.807) is 23.1 Å². The molecule has 0 aliphatic carbocycles. The number of benzene rings is 1. The van der Waals surface area contributed by atoms with Crippen molar-refractivity contribution in [2.24, 2.45) is 10.7 Å². The minimum Gasteiger partial charge on any atom is -0.493 e. The molecule has 1 aliphatic rings. The van der Waals surface area contributed by atoms with Gasteiger partial charge < -0.3 is 10.5 Å². The second kappa shape index (κ2) is 5.90. The zero-order chi connectivity index (χ0) is 13.1. The number of hydrogen-bond acceptors (Lipinski definition) is 6. The highest BCUT2D eigenvalue weighted by Gasteiger charge is 2.14. The molecule has 1 aliphatic heterocycles. The molecule has 0 radical (unpaired) electrons. The number of aliphatic imine (C=N–C) groups is 1. The van der Waals surface area contributed by atoms with Crippen LogP contribution in [0.15, 0.2) is 23.2 Å². The van der Waals surface area contributed by atoms with Crippen LogP contribution in [0.25, 0.3) is 10.2 Å². The van der Waals surface area contributed by atoms with Crippen LogP contribution < -0.4 is 10.5 Å². The number of nitrogens with zero attached hydrogens (tertiary/aromatic N) is 2. The van der Waals surface area contributed by atoms with Crippen molar-refractivity contribution < 1.29 is 4.74 Å². The third-order valence-electron chi connectivity index (χ3n) is 2.75. The first-order chi connectivity index (χ1) is 9.36. The average Bonchev–Trinajstić information content (AvgIpc) is 3.07. The molecule has 1 aromatic carbocycles. The van der Waals surface area contributed by atoms with Crippen molar-refractivity contribution in [3.8, 4) is 5.75 Å². The van der Waals surface area contributed by atoms with Crippen LogP contribution in [-0.4, -0.2) is 35.5 Å². The minimum absolute atomic E-state index is 0.657. The summed E-state index contributed by atoms with van der Waals surface area (Å²) in [5.74, 6) is 1.95. The van der Waals surface area contributed by atoms with Crippen LogP contribution in [0.1, 0.15) is 11.4 Å². The molecule has 0 bridgehead atoms. The van der Waals surface area contributed by atoms with Gasteiger partial charge in [0.25, 0.3) is 0 Å². The van der Waals surface area contributed by atoms with Crippen LogP contribution in [-0.2, 0) is 0 Å². The van der Waals surface area contributed by atoms with Crippen molar-refractivity contribution in [1.82, 2.24) is 4.98 Å². The van der Waals surface area contributed by atoms with E-state index in [1.807, 2.05) is 18.2 Å². The molecule has 1 aromatic heterocycles. The first kappa shape index (κ1) is 12.9. The fraction of sp³-hybridized carbons (Fsp3) is 0.385. The Morgan fingerprint density at radius 2 is 2.32 bits per heavy atom. The molecule has 0 atom stereocenters. The predicted molar refractivity (Wildman–Crippen MR) is 82.6 cm³/mol. The zero-order valence-corrected chi connectivity index (χ0v) is 12.1. The van der Waals surface area contributed by atoms with Crippen molar-refractivity contribution in [1.29, 1.82) is 0 Å². The Kier molecular flexibility index (Phi) is 4.00. The average molecular weight is 293 g/mol. The van der Waals surface area contributed by atoms with Gasteiger partial charge in [-0.15, -0.1) is 23.1 Å². The van der Waals surface area contributed by atoms with Crippen LogP contribution in [0.5, 0.6) is 5.75 Å². The quantitative estimate of drug-likeness (QED) is 0.861. The summed E-state index contributed by atoms with van der Waals surface area (Å²) in [4.78, 5) is 9.09. The van der Waals surface area contributed by atoms with Crippen LogP contribution in [0.3, 0.4) is 0 Å². The summed E-state index contributed by atoms with van der Waals surface area (Å²) in [6, 6.07) is 6.02. The molecule has 3 rings (SSSR count). The molecule has 6 heteroatoms. The predicted octanol–water partition coefficient (Wildman–Crippen LogP) is 2.52. The van der Waals surface area contributed by atoms with Crippen molar-refractivity contribution in [3.63, 3.8) is 0 Å². The Balaban J connectivity index is 1.82. The standard InChI is InChI=1S/C13H15N3OS2/c14-4-1-6-17-9-2-3-10-11(8-9)19-13(16-10)12-15-5-7-18-12/h2-3,8H,1,4-7,14H2. The van der Waals surface area contributed by atoms with Gasteiger partial charge in [0, 0.05) is 12.3 Å². The summed E-state index contributed by atoms with van der Waals surface area (Å²) in [5, 5.41) is 2.10. The number of aromatic nitrogens is 1. The molecule has 2 N–H and O–H groups in total. The van der Waals surface area contributed by atoms with Crippen molar-refractivity contribution in [2.75, 3.05) is 25.4 Å². The van der Waals surface area contributed by atoms with E-state index in [-0.39, 0.29) is 0 Å². The highest BCUT2D eigenvalue weighted by Crippen LogP contribution is 2.30. The van der Waals surface area contributed by atoms with E-state index in [4.69, 9.17) is 10.5 Å².